The Kier molecular flexibility index (Phi) is 0.667. The first-order valence-electron chi connectivity index (χ1n) is 1.99. The van der Waals surface area contributed by atoms with Gasteiger partial charge in [-0.25, -0.2) is 5.41 Å². The second-order valence-electron chi connectivity index (χ2n) is 1.99. The van der Waals surface area contributed by atoms with E-state index < -0.39 is 0 Å². The van der Waals surface area contributed by atoms with E-state index in [1.807, 2.05) is 0 Å². The van der Waals surface area contributed by atoms with E-state index in [2.05, 4.69) is 13.8 Å². The van der Waals surface area contributed by atoms with E-state index in [0.717, 1.165) is 13.2 Å². The van der Waals surface area contributed by atoms with Gasteiger partial charge in [-0.1, -0.05) is 0 Å². The van der Waals surface area contributed by atoms with E-state index in [-0.39, 0.29) is 5.41 Å². The lowest BCUT2D eigenvalue weighted by atomic mass is 9.92. The molecule has 0 radical (unpaired) electrons. The summed E-state index contributed by atoms with van der Waals surface area (Å²) >= 11 is 0. The van der Waals surface area contributed by atoms with Gasteiger partial charge in [0.2, 0.25) is 0 Å². The van der Waals surface area contributed by atoms with Gasteiger partial charge in [-0.3, -0.25) is 0 Å². The summed E-state index contributed by atoms with van der Waals surface area (Å²) in [6, 6.07) is 0. The molecule has 1 aliphatic rings. The van der Waals surface area contributed by atoms with Crippen LogP contribution in [0.2, 0.25) is 0 Å². The Labute approximate surface area is 38.3 Å². The molecule has 1 nitrogen and oxygen atoms in total. The molecule has 0 aromatic heterocycles. The maximum atomic E-state index is 4.81. The molecule has 1 heterocycles. The van der Waals surface area contributed by atoms with Gasteiger partial charge in [0.1, 0.15) is 0 Å². The van der Waals surface area contributed by atoms with E-state index in [1.54, 1.807) is 0 Å². The second kappa shape index (κ2) is 0.969. The van der Waals surface area contributed by atoms with Crippen LogP contribution in [0.25, 0.3) is 0 Å². The highest BCUT2D eigenvalue weighted by atomic mass is 16.5. The van der Waals surface area contributed by atoms with Gasteiger partial charge in [0.05, 0.1) is 0 Å². The van der Waals surface area contributed by atoms with Gasteiger partial charge >= 0.3 is 0 Å². The highest BCUT2D eigenvalue weighted by Crippen LogP contribution is 2.22. The summed E-state index contributed by atoms with van der Waals surface area (Å²) < 4.78 is 4.81. The highest BCUT2D eigenvalue weighted by molar-refractivity contribution is 4.89. The van der Waals surface area contributed by atoms with Crippen molar-refractivity contribution >= 4 is 0 Å². The smallest absolute Gasteiger partial charge is 0.000395 e. The molecule has 1 fully saturated rings. The fourth-order valence-electron chi connectivity index (χ4n) is 0.391. The van der Waals surface area contributed by atoms with E-state index in [9.17, 15) is 0 Å². The minimum Gasteiger partial charge on any atom is -0.391 e. The second-order valence-corrected chi connectivity index (χ2v) is 1.99. The highest BCUT2D eigenvalue weighted by Gasteiger charge is 2.11. The first kappa shape index (κ1) is 4.13. The number of hydrogen-bond acceptors (Lipinski definition) is 1. The van der Waals surface area contributed by atoms with E-state index in [0.29, 0.717) is 0 Å². The van der Waals surface area contributed by atoms with Crippen LogP contribution in [-0.2, 0) is 4.74 Å². The summed E-state index contributed by atoms with van der Waals surface area (Å²) in [5.41, 5.74) is 0. The van der Waals surface area contributed by atoms with E-state index in [4.69, 9.17) is 4.74 Å². The van der Waals surface area contributed by atoms with Crippen molar-refractivity contribution in [3.05, 3.63) is 13.8 Å². The van der Waals surface area contributed by atoms with Gasteiger partial charge < -0.3 is 18.6 Å². The number of rotatable bonds is 0. The average Bonchev–Trinajstić information content (AvgIpc) is 1.32. The predicted molar refractivity (Wildman–Crippen MR) is 24.0 cm³/mol. The Morgan fingerprint density at radius 3 is 1.67 bits per heavy atom. The lowest BCUT2D eigenvalue weighted by Crippen LogP contribution is -2.36. The minimum absolute atomic E-state index is 0. The quantitative estimate of drug-likeness (QED) is 0.392. The Bertz CT molecular complexity index is 51.0. The molecular formula is C5H8O-2. The molecule has 0 saturated carbocycles. The number of hydrogen-bond donors (Lipinski definition) is 0. The molecule has 1 saturated heterocycles. The van der Waals surface area contributed by atoms with Crippen LogP contribution in [0, 0.1) is 19.3 Å². The van der Waals surface area contributed by atoms with Crippen LogP contribution in [0.1, 0.15) is 0 Å². The Morgan fingerprint density at radius 2 is 1.67 bits per heavy atom. The third-order valence-corrected chi connectivity index (χ3v) is 0.816. The van der Waals surface area contributed by atoms with Crippen molar-refractivity contribution in [3.8, 4) is 0 Å². The molecule has 1 aliphatic heterocycles. The fourth-order valence-corrected chi connectivity index (χ4v) is 0.391. The lowest BCUT2D eigenvalue weighted by molar-refractivity contribution is -0.0569. The van der Waals surface area contributed by atoms with E-state index >= 15 is 0 Å². The van der Waals surface area contributed by atoms with Crippen LogP contribution in [0.15, 0.2) is 0 Å². The lowest BCUT2D eigenvalue weighted by Gasteiger charge is -2.49. The maximum Gasteiger partial charge on any atom is 0.000395 e. The predicted octanol–water partition coefficient (Wildman–Crippen LogP) is 0.671. The normalized spacial score (nSPS) is 29.0. The molecule has 0 aromatic carbocycles. The molecule has 36 valence electrons. The molecule has 0 atom stereocenters. The largest absolute Gasteiger partial charge is 0.391 e. The van der Waals surface area contributed by atoms with Gasteiger partial charge in [0, 0.05) is 13.2 Å². The zero-order valence-corrected chi connectivity index (χ0v) is 3.74. The Balaban J connectivity index is 2.31. The van der Waals surface area contributed by atoms with Crippen LogP contribution in [0.5, 0.6) is 0 Å². The summed E-state index contributed by atoms with van der Waals surface area (Å²) in [4.78, 5) is 0. The summed E-state index contributed by atoms with van der Waals surface area (Å²) in [6.45, 7) is 8.94. The first-order valence-corrected chi connectivity index (χ1v) is 1.99. The summed E-state index contributed by atoms with van der Waals surface area (Å²) in [6.07, 6.45) is 0. The summed E-state index contributed by atoms with van der Waals surface area (Å²) in [5, 5.41) is 0. The van der Waals surface area contributed by atoms with Crippen molar-refractivity contribution in [2.24, 2.45) is 5.41 Å². The monoisotopic (exact) mass is 84.1 g/mol. The van der Waals surface area contributed by atoms with Crippen LogP contribution < -0.4 is 0 Å². The summed E-state index contributed by atoms with van der Waals surface area (Å²) in [7, 11) is 0. The van der Waals surface area contributed by atoms with Gasteiger partial charge in [-0.05, 0) is 0 Å². The van der Waals surface area contributed by atoms with Gasteiger partial charge in [0.25, 0.3) is 0 Å². The molecule has 6 heavy (non-hydrogen) atoms. The molecule has 0 N–H and O–H groups in total. The van der Waals surface area contributed by atoms with Crippen LogP contribution in [0.3, 0.4) is 0 Å². The van der Waals surface area contributed by atoms with Gasteiger partial charge in [0.15, 0.2) is 0 Å². The zero-order chi connectivity index (χ0) is 4.62. The molecule has 0 aromatic rings. The van der Waals surface area contributed by atoms with Crippen molar-refractivity contribution in [1.29, 1.82) is 0 Å². The standard InChI is InChI=1S/C5H8O/c1-5(2)3-6-4-5/h1-4H2/q-2. The molecular weight excluding hydrogens is 76.1 g/mol. The van der Waals surface area contributed by atoms with Crippen LogP contribution >= 0.6 is 0 Å². The number of ether oxygens (including phenoxy) is 1. The molecule has 0 aliphatic carbocycles. The maximum absolute atomic E-state index is 4.81. The molecule has 0 spiro atoms. The minimum atomic E-state index is 0. The summed E-state index contributed by atoms with van der Waals surface area (Å²) in [5.74, 6) is 0. The zero-order valence-electron chi connectivity index (χ0n) is 3.74. The van der Waals surface area contributed by atoms with Crippen molar-refractivity contribution in [2.75, 3.05) is 13.2 Å². The fraction of sp³-hybridized carbons (Fsp3) is 0.600. The third-order valence-electron chi connectivity index (χ3n) is 0.816. The SMILES string of the molecule is [CH2-]C1([CH2-])COC1. The molecule has 0 bridgehead atoms. The molecule has 0 amide bonds. The van der Waals surface area contributed by atoms with Crippen LogP contribution in [0.4, 0.5) is 0 Å². The van der Waals surface area contributed by atoms with Gasteiger partial charge in [-0.2, -0.15) is 0 Å². The first-order chi connectivity index (χ1) is 2.71. The molecule has 1 rings (SSSR count). The topological polar surface area (TPSA) is 9.23 Å². The van der Waals surface area contributed by atoms with E-state index in [1.165, 1.54) is 0 Å². The third kappa shape index (κ3) is 0.548. The van der Waals surface area contributed by atoms with Crippen molar-refractivity contribution in [1.82, 2.24) is 0 Å². The van der Waals surface area contributed by atoms with Gasteiger partial charge in [-0.15, -0.1) is 0 Å². The Hall–Kier alpha value is -0.0400. The van der Waals surface area contributed by atoms with Crippen molar-refractivity contribution in [2.45, 2.75) is 0 Å². The Morgan fingerprint density at radius 1 is 1.33 bits per heavy atom. The average molecular weight is 84.1 g/mol. The van der Waals surface area contributed by atoms with Crippen LogP contribution in [-0.4, -0.2) is 13.2 Å². The molecule has 1 heteroatoms. The van der Waals surface area contributed by atoms with Crippen molar-refractivity contribution < 1.29 is 4.74 Å². The van der Waals surface area contributed by atoms with Crippen molar-refractivity contribution in [3.63, 3.8) is 0 Å². The molecule has 0 unspecified atom stereocenters.